The van der Waals surface area contributed by atoms with Gasteiger partial charge in [-0.2, -0.15) is 0 Å². The molecule has 4 N–H and O–H groups in total. The molecule has 1 heterocycles. The van der Waals surface area contributed by atoms with Crippen LogP contribution in [-0.4, -0.2) is 32.6 Å². The van der Waals surface area contributed by atoms with Crippen LogP contribution in [-0.2, 0) is 4.79 Å². The number of rotatable bonds is 8. The van der Waals surface area contributed by atoms with Crippen LogP contribution in [0.15, 0.2) is 42.5 Å². The monoisotopic (exact) mass is 480 g/mol. The van der Waals surface area contributed by atoms with Gasteiger partial charge in [-0.25, -0.2) is 0 Å². The van der Waals surface area contributed by atoms with Gasteiger partial charge in [0.25, 0.3) is 0 Å². The van der Waals surface area contributed by atoms with Gasteiger partial charge in [-0.05, 0) is 91.1 Å². The molecule has 2 unspecified atom stereocenters. The number of fused-ring (bicyclic) bond motifs is 1. The molecular formula is C21H21N4NaO4S2. The number of hydrogen-bond donors (Lipinski definition) is 4. The second-order valence-corrected chi connectivity index (χ2v) is 8.13. The summed E-state index contributed by atoms with van der Waals surface area (Å²) < 4.78 is 8.52. The minimum absolute atomic E-state index is 0. The fourth-order valence-electron chi connectivity index (χ4n) is 3.89. The van der Waals surface area contributed by atoms with Gasteiger partial charge in [0, 0.05) is 11.7 Å². The number of aliphatic carboxylic acids is 1. The van der Waals surface area contributed by atoms with E-state index in [0.29, 0.717) is 28.1 Å². The number of aliphatic hydroxyl groups excluding tert-OH is 1. The SMILES string of the molecule is O=C([O-])CCC1CC(O)c2ccc(OCNc3cccc(-n4c(=S)[nH][nH]c4=S)c3)cc21.[Na+]. The standard InChI is InChI=1S/C21H22N4O4S2.Na/c26-18-8-12(4-7-19(27)28)17-10-15(5-6-16(17)18)29-11-22-13-2-1-3-14(9-13)25-20(30)23-24-21(25)31;/h1-3,5-6,9-10,12,18,22,26H,4,7-8,11H2,(H,23,30)(H,24,31)(H,27,28);/q;+1/p-1. The topological polar surface area (TPSA) is 118 Å². The minimum atomic E-state index is -1.08. The molecule has 2 aromatic carbocycles. The molecule has 1 aliphatic carbocycles. The molecular weight excluding hydrogens is 459 g/mol. The first-order valence-electron chi connectivity index (χ1n) is 9.81. The van der Waals surface area contributed by atoms with Crippen molar-refractivity contribution in [2.45, 2.75) is 31.3 Å². The largest absolute Gasteiger partial charge is 1.00 e. The van der Waals surface area contributed by atoms with Crippen molar-refractivity contribution in [2.75, 3.05) is 12.0 Å². The molecule has 3 aromatic rings. The van der Waals surface area contributed by atoms with E-state index in [0.717, 1.165) is 22.5 Å². The molecule has 0 fully saturated rings. The third-order valence-electron chi connectivity index (χ3n) is 5.36. The predicted molar refractivity (Wildman–Crippen MR) is 118 cm³/mol. The summed E-state index contributed by atoms with van der Waals surface area (Å²) in [6.45, 7) is 0.222. The number of aromatic amines is 2. The van der Waals surface area contributed by atoms with E-state index in [1.165, 1.54) is 0 Å². The summed E-state index contributed by atoms with van der Waals surface area (Å²) in [6, 6.07) is 13.1. The third-order valence-corrected chi connectivity index (χ3v) is 5.93. The molecule has 0 bridgehead atoms. The zero-order valence-corrected chi connectivity index (χ0v) is 21.1. The van der Waals surface area contributed by atoms with Crippen LogP contribution >= 0.6 is 24.4 Å². The summed E-state index contributed by atoms with van der Waals surface area (Å²) in [5, 5.41) is 29.9. The van der Waals surface area contributed by atoms with Crippen molar-refractivity contribution in [1.82, 2.24) is 14.8 Å². The van der Waals surface area contributed by atoms with Gasteiger partial charge in [-0.15, -0.1) is 0 Å². The van der Waals surface area contributed by atoms with Crippen molar-refractivity contribution in [2.24, 2.45) is 0 Å². The summed E-state index contributed by atoms with van der Waals surface area (Å²) >= 11 is 10.5. The van der Waals surface area contributed by atoms with E-state index >= 15 is 0 Å². The first-order valence-corrected chi connectivity index (χ1v) is 10.6. The number of carbonyl (C=O) groups is 1. The molecule has 4 rings (SSSR count). The summed E-state index contributed by atoms with van der Waals surface area (Å²) in [5.41, 5.74) is 3.42. The van der Waals surface area contributed by atoms with E-state index in [4.69, 9.17) is 29.2 Å². The molecule has 32 heavy (non-hydrogen) atoms. The number of carboxylic acid groups (broad SMARTS) is 1. The number of hydrogen-bond acceptors (Lipinski definition) is 7. The maximum atomic E-state index is 10.8. The van der Waals surface area contributed by atoms with Crippen LogP contribution in [0.5, 0.6) is 5.75 Å². The first kappa shape index (κ1) is 24.7. The van der Waals surface area contributed by atoms with E-state index in [9.17, 15) is 15.0 Å². The van der Waals surface area contributed by atoms with Crippen LogP contribution in [0.2, 0.25) is 0 Å². The van der Waals surface area contributed by atoms with Crippen LogP contribution < -0.4 is 44.7 Å². The Labute approximate surface area is 216 Å². The quantitative estimate of drug-likeness (QED) is 0.205. The smallest absolute Gasteiger partial charge is 0.550 e. The van der Waals surface area contributed by atoms with E-state index in [2.05, 4.69) is 15.5 Å². The predicted octanol–water partition coefficient (Wildman–Crippen LogP) is 0.0957. The molecule has 0 aliphatic heterocycles. The van der Waals surface area contributed by atoms with Crippen molar-refractivity contribution in [1.29, 1.82) is 0 Å². The molecule has 1 aliphatic rings. The second kappa shape index (κ2) is 10.8. The number of aliphatic hydroxyl groups is 1. The van der Waals surface area contributed by atoms with Gasteiger partial charge in [0.15, 0.2) is 16.3 Å². The van der Waals surface area contributed by atoms with Gasteiger partial charge in [0.2, 0.25) is 0 Å². The summed E-state index contributed by atoms with van der Waals surface area (Å²) in [7, 11) is 0. The molecule has 0 amide bonds. The average Bonchev–Trinajstić information content (AvgIpc) is 3.25. The molecule has 8 nitrogen and oxygen atoms in total. The number of nitrogens with one attached hydrogen (secondary N) is 3. The number of carboxylic acids is 1. The van der Waals surface area contributed by atoms with Gasteiger partial charge in [-0.1, -0.05) is 12.1 Å². The molecule has 0 saturated carbocycles. The molecule has 162 valence electrons. The fourth-order valence-corrected chi connectivity index (χ4v) is 4.44. The van der Waals surface area contributed by atoms with E-state index < -0.39 is 12.1 Å². The van der Waals surface area contributed by atoms with E-state index in [1.807, 2.05) is 36.4 Å². The zero-order valence-electron chi connectivity index (χ0n) is 17.5. The summed E-state index contributed by atoms with van der Waals surface area (Å²) in [4.78, 5) is 10.8. The summed E-state index contributed by atoms with van der Waals surface area (Å²) in [6.07, 6.45) is 0.337. The van der Waals surface area contributed by atoms with Crippen LogP contribution in [0, 0.1) is 9.54 Å². The van der Waals surface area contributed by atoms with Crippen LogP contribution in [0.3, 0.4) is 0 Å². The Bertz CT molecular complexity index is 1200. The molecule has 0 saturated heterocycles. The van der Waals surface area contributed by atoms with Crippen LogP contribution in [0.25, 0.3) is 5.69 Å². The third kappa shape index (κ3) is 5.51. The van der Waals surface area contributed by atoms with E-state index in [-0.39, 0.29) is 48.6 Å². The van der Waals surface area contributed by atoms with Crippen molar-refractivity contribution in [3.63, 3.8) is 0 Å². The molecule has 0 radical (unpaired) electrons. The number of nitrogens with zero attached hydrogens (tertiary/aromatic N) is 1. The van der Waals surface area contributed by atoms with Crippen molar-refractivity contribution >= 4 is 36.1 Å². The molecule has 11 heteroatoms. The maximum Gasteiger partial charge on any atom is 1.00 e. The molecule has 1 aromatic heterocycles. The van der Waals surface area contributed by atoms with Crippen molar-refractivity contribution < 1.29 is 49.3 Å². The fraction of sp³-hybridized carbons (Fsp3) is 0.286. The normalized spacial score (nSPS) is 16.8. The zero-order chi connectivity index (χ0) is 22.0. The number of carbonyl (C=O) groups excluding carboxylic acids is 1. The van der Waals surface area contributed by atoms with Gasteiger partial charge >= 0.3 is 29.6 Å². The summed E-state index contributed by atoms with van der Waals surface area (Å²) in [5.74, 6) is -0.458. The Morgan fingerprint density at radius 2 is 1.94 bits per heavy atom. The molecule has 2 atom stereocenters. The Balaban J connectivity index is 0.00000289. The maximum absolute atomic E-state index is 10.8. The average molecular weight is 481 g/mol. The Morgan fingerprint density at radius 3 is 2.66 bits per heavy atom. The Hall–Kier alpha value is -1.95. The van der Waals surface area contributed by atoms with Crippen LogP contribution in [0.4, 0.5) is 5.69 Å². The number of anilines is 1. The number of ether oxygens (including phenoxy) is 1. The number of aromatic nitrogens is 3. The molecule has 0 spiro atoms. The van der Waals surface area contributed by atoms with Crippen LogP contribution in [0.1, 0.15) is 42.4 Å². The van der Waals surface area contributed by atoms with Crippen molar-refractivity contribution in [3.8, 4) is 11.4 Å². The minimum Gasteiger partial charge on any atom is -0.550 e. The van der Waals surface area contributed by atoms with E-state index in [1.54, 1.807) is 10.6 Å². The van der Waals surface area contributed by atoms with Gasteiger partial charge in [-0.3, -0.25) is 14.8 Å². The van der Waals surface area contributed by atoms with Gasteiger partial charge < -0.3 is 25.1 Å². The Kier molecular flexibility index (Phi) is 8.32. The van der Waals surface area contributed by atoms with Crippen molar-refractivity contribution in [3.05, 3.63) is 63.1 Å². The Morgan fingerprint density at radius 1 is 1.19 bits per heavy atom. The number of H-pyrrole nitrogens is 2. The van der Waals surface area contributed by atoms with Gasteiger partial charge in [0.05, 0.1) is 11.8 Å². The number of benzene rings is 2. The first-order chi connectivity index (χ1) is 14.9. The second-order valence-electron chi connectivity index (χ2n) is 7.36. The van der Waals surface area contributed by atoms with Gasteiger partial charge in [0.1, 0.15) is 5.75 Å².